The smallest absolute Gasteiger partial charge is 0.304 e. The van der Waals surface area contributed by atoms with E-state index in [0.717, 1.165) is 45.4 Å². The fourth-order valence-electron chi connectivity index (χ4n) is 6.27. The number of fused-ring (bicyclic) bond motifs is 2. The Bertz CT molecular complexity index is 1840. The minimum absolute atomic E-state index is 0.116. The summed E-state index contributed by atoms with van der Waals surface area (Å²) in [4.78, 5) is 12.3. The summed E-state index contributed by atoms with van der Waals surface area (Å²) in [6.45, 7) is 5.64. The largest absolute Gasteiger partial charge is 0.481 e. The number of carboxylic acid groups (broad SMARTS) is 1. The predicted octanol–water partition coefficient (Wildman–Crippen LogP) is 4.42. The summed E-state index contributed by atoms with van der Waals surface area (Å²) in [5.41, 5.74) is 5.29. The second-order valence-electron chi connectivity index (χ2n) is 12.2. The van der Waals surface area contributed by atoms with E-state index in [-0.39, 0.29) is 24.4 Å². The van der Waals surface area contributed by atoms with Crippen molar-refractivity contribution in [3.05, 3.63) is 82.4 Å². The van der Waals surface area contributed by atoms with Gasteiger partial charge in [-0.15, -0.1) is 5.10 Å². The van der Waals surface area contributed by atoms with E-state index >= 15 is 0 Å². The number of aromatic nitrogens is 3. The summed E-state index contributed by atoms with van der Waals surface area (Å²) in [5.74, 6) is -0.388. The number of benzene rings is 3. The van der Waals surface area contributed by atoms with E-state index in [0.29, 0.717) is 24.9 Å². The van der Waals surface area contributed by atoms with Crippen molar-refractivity contribution in [1.82, 2.24) is 19.3 Å². The lowest BCUT2D eigenvalue weighted by molar-refractivity contribution is -0.165. The van der Waals surface area contributed by atoms with Gasteiger partial charge in [-0.05, 0) is 78.6 Å². The van der Waals surface area contributed by atoms with Gasteiger partial charge in [-0.2, -0.15) is 4.31 Å². The maximum atomic E-state index is 13.9. The lowest BCUT2D eigenvalue weighted by atomic mass is 9.84. The number of carboxylic acids is 1. The van der Waals surface area contributed by atoms with Crippen LogP contribution in [0.2, 0.25) is 0 Å². The first kappa shape index (κ1) is 28.0. The van der Waals surface area contributed by atoms with Gasteiger partial charge in [0.25, 0.3) is 0 Å². The van der Waals surface area contributed by atoms with Crippen LogP contribution < -0.4 is 4.74 Å². The highest BCUT2D eigenvalue weighted by Crippen LogP contribution is 2.39. The Morgan fingerprint density at radius 3 is 2.63 bits per heavy atom. The molecule has 3 aromatic carbocycles. The number of para-hydroxylation sites is 1. The van der Waals surface area contributed by atoms with Gasteiger partial charge in [0.2, 0.25) is 10.0 Å². The third-order valence-corrected chi connectivity index (χ3v) is 10.8. The quantitative estimate of drug-likeness (QED) is 0.315. The van der Waals surface area contributed by atoms with Crippen LogP contribution in [0.3, 0.4) is 0 Å². The van der Waals surface area contributed by atoms with Gasteiger partial charge < -0.3 is 14.6 Å². The average Bonchev–Trinajstić information content (AvgIpc) is 3.70. The molecule has 0 radical (unpaired) electrons. The van der Waals surface area contributed by atoms with Crippen LogP contribution in [0.1, 0.15) is 53.0 Å². The van der Waals surface area contributed by atoms with Gasteiger partial charge in [-0.3, -0.25) is 4.79 Å². The molecule has 224 valence electrons. The third-order valence-electron chi connectivity index (χ3n) is 8.98. The molecule has 43 heavy (non-hydrogen) atoms. The van der Waals surface area contributed by atoms with Crippen molar-refractivity contribution in [1.29, 1.82) is 0 Å². The van der Waals surface area contributed by atoms with Crippen LogP contribution in [0.4, 0.5) is 0 Å². The van der Waals surface area contributed by atoms with Crippen LogP contribution in [0.25, 0.3) is 11.0 Å². The van der Waals surface area contributed by atoms with Gasteiger partial charge in [0, 0.05) is 19.0 Å². The van der Waals surface area contributed by atoms with E-state index in [4.69, 9.17) is 9.47 Å². The standard InChI is InChI=1S/C32H34N4O6S/c1-20-7-10-23(26(14-30(37)38)25-11-12-27-31(21(25)2)33-34-36(27)15-22-8-9-22)13-24(20)16-35-17-32(18-41-19-32)42-28-5-3-4-6-29(28)43(35,39)40/h3-7,10-13,22,26H,8-9,14-19H2,1-2H3,(H,37,38)/t26-/m1/s1. The zero-order valence-corrected chi connectivity index (χ0v) is 25.0. The molecule has 3 aliphatic rings. The lowest BCUT2D eigenvalue weighted by Gasteiger charge is -2.41. The molecule has 0 bridgehead atoms. The van der Waals surface area contributed by atoms with E-state index in [1.165, 1.54) is 17.1 Å². The highest BCUT2D eigenvalue weighted by Gasteiger charge is 2.49. The molecule has 10 nitrogen and oxygen atoms in total. The first-order valence-electron chi connectivity index (χ1n) is 14.6. The number of carbonyl (C=O) groups is 1. The molecular formula is C32H34N4O6S. The van der Waals surface area contributed by atoms with Gasteiger partial charge >= 0.3 is 5.97 Å². The van der Waals surface area contributed by atoms with Crippen LogP contribution in [-0.2, 0) is 32.6 Å². The van der Waals surface area contributed by atoms with Gasteiger partial charge in [0.05, 0.1) is 31.7 Å². The van der Waals surface area contributed by atoms with Crippen molar-refractivity contribution < 1.29 is 27.8 Å². The molecule has 1 aromatic heterocycles. The Kier molecular flexibility index (Phi) is 6.79. The summed E-state index contributed by atoms with van der Waals surface area (Å²) in [6, 6.07) is 16.5. The van der Waals surface area contributed by atoms with E-state index in [9.17, 15) is 18.3 Å². The molecule has 1 atom stereocenters. The maximum absolute atomic E-state index is 13.9. The Hall–Kier alpha value is -3.80. The molecule has 1 N–H and O–H groups in total. The zero-order valence-electron chi connectivity index (χ0n) is 24.2. The molecular weight excluding hydrogens is 568 g/mol. The van der Waals surface area contributed by atoms with E-state index in [1.54, 1.807) is 24.3 Å². The van der Waals surface area contributed by atoms with Crippen molar-refractivity contribution in [3.8, 4) is 5.75 Å². The van der Waals surface area contributed by atoms with E-state index < -0.39 is 27.5 Å². The number of aryl methyl sites for hydroxylation is 2. The zero-order chi connectivity index (χ0) is 29.9. The van der Waals surface area contributed by atoms with Crippen molar-refractivity contribution >= 4 is 27.0 Å². The first-order valence-corrected chi connectivity index (χ1v) is 16.1. The van der Waals surface area contributed by atoms with Crippen molar-refractivity contribution in [2.75, 3.05) is 19.8 Å². The molecule has 2 fully saturated rings. The number of hydrogen-bond donors (Lipinski definition) is 1. The molecule has 0 amide bonds. The molecule has 2 aliphatic heterocycles. The third kappa shape index (κ3) is 5.09. The van der Waals surface area contributed by atoms with Crippen LogP contribution >= 0.6 is 0 Å². The fraction of sp³-hybridized carbons (Fsp3) is 0.406. The Morgan fingerprint density at radius 1 is 1.12 bits per heavy atom. The normalized spacial score (nSPS) is 19.8. The summed E-state index contributed by atoms with van der Waals surface area (Å²) >= 11 is 0. The molecule has 1 aliphatic carbocycles. The van der Waals surface area contributed by atoms with E-state index in [2.05, 4.69) is 10.3 Å². The average molecular weight is 603 g/mol. The molecule has 7 rings (SSSR count). The van der Waals surface area contributed by atoms with E-state index in [1.807, 2.05) is 48.9 Å². The Morgan fingerprint density at radius 2 is 1.91 bits per heavy atom. The van der Waals surface area contributed by atoms with Crippen LogP contribution in [0.15, 0.2) is 59.5 Å². The van der Waals surface area contributed by atoms with Gasteiger partial charge in [0.1, 0.15) is 16.2 Å². The van der Waals surface area contributed by atoms with Crippen molar-refractivity contribution in [2.24, 2.45) is 5.92 Å². The Labute approximate surface area is 250 Å². The topological polar surface area (TPSA) is 124 Å². The monoisotopic (exact) mass is 602 g/mol. The fourth-order valence-corrected chi connectivity index (χ4v) is 7.88. The van der Waals surface area contributed by atoms with Gasteiger partial charge in [-0.1, -0.05) is 41.6 Å². The van der Waals surface area contributed by atoms with Crippen LogP contribution in [-0.4, -0.2) is 64.2 Å². The summed E-state index contributed by atoms with van der Waals surface area (Å²) in [6.07, 6.45) is 2.30. The van der Waals surface area contributed by atoms with Gasteiger partial charge in [0.15, 0.2) is 5.60 Å². The molecule has 1 spiro atoms. The molecule has 0 unspecified atom stereocenters. The number of aliphatic carboxylic acids is 1. The summed E-state index contributed by atoms with van der Waals surface area (Å²) in [5, 5.41) is 18.8. The van der Waals surface area contributed by atoms with Gasteiger partial charge in [-0.25, -0.2) is 13.1 Å². The number of rotatable bonds is 8. The molecule has 1 saturated heterocycles. The number of ether oxygens (including phenoxy) is 2. The van der Waals surface area contributed by atoms with Crippen molar-refractivity contribution in [3.63, 3.8) is 0 Å². The SMILES string of the molecule is Cc1ccc([C@@H](CC(=O)O)c2ccc3c(nnn3CC3CC3)c2C)cc1CN1CC2(COC2)Oc2ccccc2S1(=O)=O. The highest BCUT2D eigenvalue weighted by atomic mass is 32.2. The molecule has 3 heterocycles. The Balaban J connectivity index is 1.26. The minimum atomic E-state index is -3.88. The number of hydrogen-bond acceptors (Lipinski definition) is 7. The number of nitrogens with zero attached hydrogens (tertiary/aromatic N) is 4. The molecule has 11 heteroatoms. The van der Waals surface area contributed by atoms with Crippen molar-refractivity contribution in [2.45, 2.75) is 62.6 Å². The second kappa shape index (κ2) is 10.4. The highest BCUT2D eigenvalue weighted by molar-refractivity contribution is 7.89. The summed E-state index contributed by atoms with van der Waals surface area (Å²) < 4.78 is 42.9. The minimum Gasteiger partial charge on any atom is -0.481 e. The molecule has 4 aromatic rings. The van der Waals surface area contributed by atoms with Crippen LogP contribution in [0.5, 0.6) is 5.75 Å². The molecule has 1 saturated carbocycles. The lowest BCUT2D eigenvalue weighted by Crippen LogP contribution is -2.60. The maximum Gasteiger partial charge on any atom is 0.304 e. The first-order chi connectivity index (χ1) is 20.6. The number of sulfonamides is 1. The van der Waals surface area contributed by atoms with Crippen LogP contribution in [0, 0.1) is 19.8 Å². The predicted molar refractivity (Wildman–Crippen MR) is 158 cm³/mol. The second-order valence-corrected chi connectivity index (χ2v) is 14.1. The summed E-state index contributed by atoms with van der Waals surface area (Å²) in [7, 11) is -3.88.